The molecule has 132 valence electrons. The van der Waals surface area contributed by atoms with E-state index in [4.69, 9.17) is 4.84 Å². The molecule has 0 aromatic heterocycles. The quantitative estimate of drug-likeness (QED) is 0.922. The topological polar surface area (TPSA) is 71.0 Å². The van der Waals surface area contributed by atoms with Gasteiger partial charge in [-0.05, 0) is 30.2 Å². The van der Waals surface area contributed by atoms with E-state index in [2.05, 4.69) is 10.5 Å². The Bertz CT molecular complexity index is 864. The van der Waals surface area contributed by atoms with E-state index in [-0.39, 0.29) is 11.8 Å². The maximum absolute atomic E-state index is 12.5. The lowest BCUT2D eigenvalue weighted by Crippen LogP contribution is -2.28. The van der Waals surface area contributed by atoms with E-state index < -0.39 is 6.10 Å². The van der Waals surface area contributed by atoms with E-state index in [1.54, 1.807) is 11.0 Å². The van der Waals surface area contributed by atoms with Crippen molar-refractivity contribution in [2.75, 3.05) is 16.8 Å². The molecule has 0 radical (unpaired) electrons. The molecule has 1 fully saturated rings. The minimum atomic E-state index is -0.651. The molecule has 1 atom stereocenters. The molecule has 6 nitrogen and oxygen atoms in total. The van der Waals surface area contributed by atoms with E-state index in [9.17, 15) is 9.59 Å². The van der Waals surface area contributed by atoms with Crippen LogP contribution < -0.4 is 10.2 Å². The Labute approximate surface area is 151 Å². The summed E-state index contributed by atoms with van der Waals surface area (Å²) in [5.74, 6) is -0.127. The molecule has 6 heteroatoms. The van der Waals surface area contributed by atoms with Gasteiger partial charge in [0.25, 0.3) is 5.91 Å². The second-order valence-electron chi connectivity index (χ2n) is 6.39. The SMILES string of the molecule is O=C(Nc1cccc(N2CCCC2=O)c1)C1CC(c2ccccc2)=NO1. The van der Waals surface area contributed by atoms with Gasteiger partial charge in [0.05, 0.1) is 5.71 Å². The fourth-order valence-electron chi connectivity index (χ4n) is 3.21. The van der Waals surface area contributed by atoms with Crippen LogP contribution in [0, 0.1) is 0 Å². The number of hydrogen-bond donors (Lipinski definition) is 1. The smallest absolute Gasteiger partial charge is 0.268 e. The average molecular weight is 349 g/mol. The van der Waals surface area contributed by atoms with Gasteiger partial charge in [-0.25, -0.2) is 0 Å². The van der Waals surface area contributed by atoms with E-state index in [0.717, 1.165) is 29.9 Å². The predicted octanol–water partition coefficient (Wildman–Crippen LogP) is 2.95. The molecule has 0 spiro atoms. The van der Waals surface area contributed by atoms with Crippen molar-refractivity contribution in [3.63, 3.8) is 0 Å². The van der Waals surface area contributed by atoms with Crippen molar-refractivity contribution in [1.82, 2.24) is 0 Å². The molecule has 2 aliphatic heterocycles. The van der Waals surface area contributed by atoms with Gasteiger partial charge >= 0.3 is 0 Å². The Balaban J connectivity index is 1.41. The molecule has 0 bridgehead atoms. The third kappa shape index (κ3) is 3.31. The highest BCUT2D eigenvalue weighted by molar-refractivity contribution is 6.06. The first-order valence-corrected chi connectivity index (χ1v) is 8.70. The minimum Gasteiger partial charge on any atom is -0.382 e. The van der Waals surface area contributed by atoms with Crippen molar-refractivity contribution in [3.05, 3.63) is 60.2 Å². The number of anilines is 2. The standard InChI is InChI=1S/C20H19N3O3/c24-19-10-5-11-23(19)16-9-4-8-15(12-16)21-20(25)18-13-17(22-26-18)14-6-2-1-3-7-14/h1-4,6-9,12,18H,5,10-11,13H2,(H,21,25). The minimum absolute atomic E-state index is 0.119. The molecule has 1 unspecified atom stereocenters. The number of carbonyl (C=O) groups excluding carboxylic acids is 2. The molecule has 26 heavy (non-hydrogen) atoms. The third-order valence-electron chi connectivity index (χ3n) is 4.57. The monoisotopic (exact) mass is 349 g/mol. The Morgan fingerprint density at radius 3 is 2.77 bits per heavy atom. The first-order valence-electron chi connectivity index (χ1n) is 8.70. The van der Waals surface area contributed by atoms with Crippen LogP contribution in [-0.4, -0.2) is 30.2 Å². The highest BCUT2D eigenvalue weighted by Crippen LogP contribution is 2.25. The predicted molar refractivity (Wildman–Crippen MR) is 99.1 cm³/mol. The number of amides is 2. The van der Waals surface area contributed by atoms with Gasteiger partial charge in [-0.15, -0.1) is 0 Å². The number of hydrogen-bond acceptors (Lipinski definition) is 4. The van der Waals surface area contributed by atoms with Crippen molar-refractivity contribution >= 4 is 28.9 Å². The van der Waals surface area contributed by atoms with E-state index >= 15 is 0 Å². The lowest BCUT2D eigenvalue weighted by atomic mass is 10.0. The van der Waals surface area contributed by atoms with Crippen LogP contribution in [0.2, 0.25) is 0 Å². The maximum Gasteiger partial charge on any atom is 0.268 e. The van der Waals surface area contributed by atoms with Crippen LogP contribution in [0.15, 0.2) is 59.8 Å². The fraction of sp³-hybridized carbons (Fsp3) is 0.250. The zero-order valence-electron chi connectivity index (χ0n) is 14.2. The summed E-state index contributed by atoms with van der Waals surface area (Å²) in [5, 5.41) is 6.90. The summed E-state index contributed by atoms with van der Waals surface area (Å²) in [5.41, 5.74) is 3.17. The van der Waals surface area contributed by atoms with Crippen LogP contribution in [-0.2, 0) is 14.4 Å². The highest BCUT2D eigenvalue weighted by atomic mass is 16.6. The lowest BCUT2D eigenvalue weighted by Gasteiger charge is -2.17. The maximum atomic E-state index is 12.5. The largest absolute Gasteiger partial charge is 0.382 e. The fourth-order valence-corrected chi connectivity index (χ4v) is 3.21. The second kappa shape index (κ2) is 7.00. The molecule has 2 heterocycles. The molecular weight excluding hydrogens is 330 g/mol. The van der Waals surface area contributed by atoms with Crippen LogP contribution in [0.5, 0.6) is 0 Å². The normalized spacial score (nSPS) is 19.2. The molecule has 4 rings (SSSR count). The van der Waals surface area contributed by atoms with Gasteiger partial charge in [0.1, 0.15) is 0 Å². The molecule has 1 saturated heterocycles. The van der Waals surface area contributed by atoms with Gasteiger partial charge < -0.3 is 15.1 Å². The summed E-state index contributed by atoms with van der Waals surface area (Å²) >= 11 is 0. The molecule has 2 aromatic carbocycles. The molecule has 2 aliphatic rings. The van der Waals surface area contributed by atoms with Gasteiger partial charge in [-0.1, -0.05) is 41.6 Å². The summed E-state index contributed by atoms with van der Waals surface area (Å²) in [4.78, 5) is 31.5. The average Bonchev–Trinajstić information content (AvgIpc) is 3.32. The van der Waals surface area contributed by atoms with Gasteiger partial charge in [0, 0.05) is 30.8 Å². The third-order valence-corrected chi connectivity index (χ3v) is 4.57. The van der Waals surface area contributed by atoms with E-state index in [0.29, 0.717) is 18.5 Å². The number of nitrogens with zero attached hydrogens (tertiary/aromatic N) is 2. The van der Waals surface area contributed by atoms with Crippen molar-refractivity contribution in [2.45, 2.75) is 25.4 Å². The summed E-state index contributed by atoms with van der Waals surface area (Å²) < 4.78 is 0. The zero-order valence-corrected chi connectivity index (χ0v) is 14.2. The van der Waals surface area contributed by atoms with Gasteiger partial charge in [0.15, 0.2) is 0 Å². The van der Waals surface area contributed by atoms with Gasteiger partial charge in [-0.2, -0.15) is 0 Å². The van der Waals surface area contributed by atoms with Gasteiger partial charge in [-0.3, -0.25) is 9.59 Å². The number of rotatable bonds is 4. The molecule has 0 saturated carbocycles. The molecular formula is C20H19N3O3. The van der Waals surface area contributed by atoms with Crippen LogP contribution in [0.25, 0.3) is 0 Å². The van der Waals surface area contributed by atoms with Crippen molar-refractivity contribution in [1.29, 1.82) is 0 Å². The summed E-state index contributed by atoms with van der Waals surface area (Å²) in [7, 11) is 0. The zero-order chi connectivity index (χ0) is 17.9. The Morgan fingerprint density at radius 1 is 1.15 bits per heavy atom. The van der Waals surface area contributed by atoms with Crippen molar-refractivity contribution in [3.8, 4) is 0 Å². The summed E-state index contributed by atoms with van der Waals surface area (Å²) in [6, 6.07) is 17.0. The molecule has 2 aromatic rings. The van der Waals surface area contributed by atoms with Crippen LogP contribution >= 0.6 is 0 Å². The Hall–Kier alpha value is -3.15. The first-order chi connectivity index (χ1) is 12.7. The van der Waals surface area contributed by atoms with E-state index in [1.165, 1.54) is 0 Å². The van der Waals surface area contributed by atoms with Crippen molar-refractivity contribution in [2.24, 2.45) is 5.16 Å². The van der Waals surface area contributed by atoms with Crippen molar-refractivity contribution < 1.29 is 14.4 Å². The van der Waals surface area contributed by atoms with E-state index in [1.807, 2.05) is 48.5 Å². The van der Waals surface area contributed by atoms with Crippen LogP contribution in [0.3, 0.4) is 0 Å². The highest BCUT2D eigenvalue weighted by Gasteiger charge is 2.29. The second-order valence-corrected chi connectivity index (χ2v) is 6.39. The number of oxime groups is 1. The molecule has 2 amide bonds. The molecule has 1 N–H and O–H groups in total. The summed E-state index contributed by atoms with van der Waals surface area (Å²) in [6.45, 7) is 0.718. The van der Waals surface area contributed by atoms with Crippen LogP contribution in [0.4, 0.5) is 11.4 Å². The summed E-state index contributed by atoms with van der Waals surface area (Å²) in [6.07, 6.45) is 1.22. The number of carbonyl (C=O) groups is 2. The number of nitrogens with one attached hydrogen (secondary N) is 1. The van der Waals surface area contributed by atoms with Gasteiger partial charge in [0.2, 0.25) is 12.0 Å². The number of benzene rings is 2. The Kier molecular flexibility index (Phi) is 4.39. The first kappa shape index (κ1) is 16.3. The Morgan fingerprint density at radius 2 is 2.00 bits per heavy atom. The lowest BCUT2D eigenvalue weighted by molar-refractivity contribution is -0.125. The molecule has 0 aliphatic carbocycles. The van der Waals surface area contributed by atoms with Crippen LogP contribution in [0.1, 0.15) is 24.8 Å².